The smallest absolute Gasteiger partial charge is 0.0262 e. The van der Waals surface area contributed by atoms with Gasteiger partial charge >= 0.3 is 0 Å². The summed E-state index contributed by atoms with van der Waals surface area (Å²) in [7, 11) is 2.22. The Hall–Kier alpha value is -0.160. The quantitative estimate of drug-likeness (QED) is 0.664. The standard InChI is InChI=1S/C13H28N4/c1-13(2,3)15-7-11-17(12-8-15)16-9-5-14(4)6-10-16/h5-12H2,1-4H3. The molecular formula is C13H28N4. The number of rotatable bonds is 1. The summed E-state index contributed by atoms with van der Waals surface area (Å²) in [5, 5.41) is 5.12. The van der Waals surface area contributed by atoms with Gasteiger partial charge in [-0.2, -0.15) is 0 Å². The zero-order valence-electron chi connectivity index (χ0n) is 11.9. The van der Waals surface area contributed by atoms with Gasteiger partial charge in [0, 0.05) is 57.9 Å². The minimum atomic E-state index is 0.328. The van der Waals surface area contributed by atoms with Crippen LogP contribution in [0.3, 0.4) is 0 Å². The Bertz CT molecular complexity index is 232. The first-order valence-electron chi connectivity index (χ1n) is 6.90. The molecule has 2 fully saturated rings. The van der Waals surface area contributed by atoms with Crippen molar-refractivity contribution >= 4 is 0 Å². The lowest BCUT2D eigenvalue weighted by Crippen LogP contribution is -2.60. The van der Waals surface area contributed by atoms with Gasteiger partial charge in [0.1, 0.15) is 0 Å². The van der Waals surface area contributed by atoms with Crippen LogP contribution >= 0.6 is 0 Å². The van der Waals surface area contributed by atoms with Crippen LogP contribution in [0.5, 0.6) is 0 Å². The summed E-state index contributed by atoms with van der Waals surface area (Å²) in [6.45, 7) is 16.6. The van der Waals surface area contributed by atoms with Crippen LogP contribution in [0.2, 0.25) is 0 Å². The van der Waals surface area contributed by atoms with E-state index in [2.05, 4.69) is 47.6 Å². The first kappa shape index (κ1) is 13.3. The number of piperazine rings is 2. The van der Waals surface area contributed by atoms with Crippen LogP contribution in [0, 0.1) is 0 Å². The molecule has 2 aliphatic rings. The zero-order valence-corrected chi connectivity index (χ0v) is 11.9. The molecule has 0 saturated carbocycles. The Labute approximate surface area is 106 Å². The second-order valence-electron chi connectivity index (χ2n) is 6.37. The Balaban J connectivity index is 1.79. The molecule has 0 atom stereocenters. The minimum Gasteiger partial charge on any atom is -0.304 e. The summed E-state index contributed by atoms with van der Waals surface area (Å²) in [6.07, 6.45) is 0. The van der Waals surface area contributed by atoms with Crippen LogP contribution in [0.15, 0.2) is 0 Å². The van der Waals surface area contributed by atoms with E-state index in [0.717, 1.165) is 0 Å². The maximum atomic E-state index is 2.60. The maximum absolute atomic E-state index is 2.60. The average Bonchev–Trinajstić information content (AvgIpc) is 2.29. The minimum absolute atomic E-state index is 0.328. The highest BCUT2D eigenvalue weighted by Gasteiger charge is 2.28. The molecule has 100 valence electrons. The van der Waals surface area contributed by atoms with Gasteiger partial charge in [0.2, 0.25) is 0 Å². The molecule has 0 radical (unpaired) electrons. The summed E-state index contributed by atoms with van der Waals surface area (Å²) in [5.41, 5.74) is 0.328. The Morgan fingerprint density at radius 1 is 0.647 bits per heavy atom. The van der Waals surface area contributed by atoms with E-state index in [4.69, 9.17) is 0 Å². The second kappa shape index (κ2) is 5.22. The average molecular weight is 240 g/mol. The monoisotopic (exact) mass is 240 g/mol. The van der Waals surface area contributed by atoms with E-state index >= 15 is 0 Å². The highest BCUT2D eigenvalue weighted by Crippen LogP contribution is 2.17. The highest BCUT2D eigenvalue weighted by molar-refractivity contribution is 4.82. The Morgan fingerprint density at radius 2 is 1.06 bits per heavy atom. The maximum Gasteiger partial charge on any atom is 0.0262 e. The van der Waals surface area contributed by atoms with Crippen molar-refractivity contribution in [1.29, 1.82) is 0 Å². The molecule has 0 aromatic rings. The van der Waals surface area contributed by atoms with E-state index in [1.54, 1.807) is 0 Å². The lowest BCUT2D eigenvalue weighted by atomic mass is 10.1. The molecule has 0 aromatic carbocycles. The van der Waals surface area contributed by atoms with E-state index in [-0.39, 0.29) is 0 Å². The molecule has 0 amide bonds. The van der Waals surface area contributed by atoms with Gasteiger partial charge in [-0.25, -0.2) is 10.0 Å². The molecular weight excluding hydrogens is 212 g/mol. The lowest BCUT2D eigenvalue weighted by molar-refractivity contribution is -0.0895. The fraction of sp³-hybridized carbons (Fsp3) is 1.00. The number of nitrogens with zero attached hydrogens (tertiary/aromatic N) is 4. The summed E-state index contributed by atoms with van der Waals surface area (Å²) in [5.74, 6) is 0. The van der Waals surface area contributed by atoms with Crippen LogP contribution in [0.1, 0.15) is 20.8 Å². The predicted molar refractivity (Wildman–Crippen MR) is 72.0 cm³/mol. The summed E-state index contributed by atoms with van der Waals surface area (Å²) in [6, 6.07) is 0. The summed E-state index contributed by atoms with van der Waals surface area (Å²) < 4.78 is 0. The van der Waals surface area contributed by atoms with Crippen LogP contribution in [0.25, 0.3) is 0 Å². The Kier molecular flexibility index (Phi) is 4.08. The Morgan fingerprint density at radius 3 is 1.47 bits per heavy atom. The van der Waals surface area contributed by atoms with Crippen molar-refractivity contribution in [3.63, 3.8) is 0 Å². The third-order valence-electron chi connectivity index (χ3n) is 4.08. The lowest BCUT2D eigenvalue weighted by Gasteiger charge is -2.47. The van der Waals surface area contributed by atoms with Crippen molar-refractivity contribution in [2.24, 2.45) is 0 Å². The van der Waals surface area contributed by atoms with Crippen LogP contribution in [0.4, 0.5) is 0 Å². The topological polar surface area (TPSA) is 13.0 Å². The molecule has 2 aliphatic heterocycles. The first-order chi connectivity index (χ1) is 7.97. The first-order valence-corrected chi connectivity index (χ1v) is 6.90. The van der Waals surface area contributed by atoms with Crippen molar-refractivity contribution in [3.05, 3.63) is 0 Å². The van der Waals surface area contributed by atoms with E-state index in [1.807, 2.05) is 0 Å². The third-order valence-corrected chi connectivity index (χ3v) is 4.08. The van der Waals surface area contributed by atoms with Gasteiger partial charge in [-0.3, -0.25) is 4.90 Å². The van der Waals surface area contributed by atoms with E-state index in [0.29, 0.717) is 5.54 Å². The van der Waals surface area contributed by atoms with Gasteiger partial charge in [0.15, 0.2) is 0 Å². The van der Waals surface area contributed by atoms with Crippen molar-refractivity contribution < 1.29 is 0 Å². The van der Waals surface area contributed by atoms with Crippen LogP contribution in [-0.4, -0.2) is 84.8 Å². The number of hydrogen-bond donors (Lipinski definition) is 0. The third kappa shape index (κ3) is 3.41. The number of hydrazine groups is 1. The normalized spacial score (nSPS) is 27.5. The molecule has 0 spiro atoms. The van der Waals surface area contributed by atoms with Crippen LogP contribution < -0.4 is 0 Å². The second-order valence-corrected chi connectivity index (χ2v) is 6.37. The van der Waals surface area contributed by atoms with Gasteiger partial charge in [0.05, 0.1) is 0 Å². The SMILES string of the molecule is CN1CCN(N2CCN(C(C)(C)C)CC2)CC1. The predicted octanol–water partition coefficient (Wildman–Crippen LogP) is 0.565. The largest absolute Gasteiger partial charge is 0.304 e. The van der Waals surface area contributed by atoms with Crippen LogP contribution in [-0.2, 0) is 0 Å². The fourth-order valence-corrected chi connectivity index (χ4v) is 2.73. The molecule has 0 N–H and O–H groups in total. The molecule has 0 aliphatic carbocycles. The molecule has 4 nitrogen and oxygen atoms in total. The molecule has 2 heterocycles. The van der Waals surface area contributed by atoms with E-state index in [9.17, 15) is 0 Å². The number of hydrogen-bond acceptors (Lipinski definition) is 4. The highest BCUT2D eigenvalue weighted by atomic mass is 15.6. The molecule has 0 unspecified atom stereocenters. The molecule has 0 bridgehead atoms. The van der Waals surface area contributed by atoms with Gasteiger partial charge in [-0.05, 0) is 27.8 Å². The van der Waals surface area contributed by atoms with Crippen molar-refractivity contribution in [2.45, 2.75) is 26.3 Å². The molecule has 17 heavy (non-hydrogen) atoms. The molecule has 4 heteroatoms. The summed E-state index contributed by atoms with van der Waals surface area (Å²) in [4.78, 5) is 5.02. The van der Waals surface area contributed by atoms with Crippen molar-refractivity contribution in [1.82, 2.24) is 19.8 Å². The van der Waals surface area contributed by atoms with Gasteiger partial charge in [-0.15, -0.1) is 0 Å². The number of likely N-dealkylation sites (N-methyl/N-ethyl adjacent to an activating group) is 1. The van der Waals surface area contributed by atoms with Crippen molar-refractivity contribution in [2.75, 3.05) is 59.4 Å². The van der Waals surface area contributed by atoms with E-state index in [1.165, 1.54) is 52.4 Å². The molecule has 2 saturated heterocycles. The van der Waals surface area contributed by atoms with Gasteiger partial charge in [-0.1, -0.05) is 0 Å². The molecule has 2 rings (SSSR count). The fourth-order valence-electron chi connectivity index (χ4n) is 2.73. The zero-order chi connectivity index (χ0) is 12.5. The van der Waals surface area contributed by atoms with Crippen molar-refractivity contribution in [3.8, 4) is 0 Å². The van der Waals surface area contributed by atoms with Gasteiger partial charge < -0.3 is 4.90 Å². The van der Waals surface area contributed by atoms with Gasteiger partial charge in [0.25, 0.3) is 0 Å². The van der Waals surface area contributed by atoms with E-state index < -0.39 is 0 Å². The summed E-state index contributed by atoms with van der Waals surface area (Å²) >= 11 is 0. The molecule has 0 aromatic heterocycles.